The molecule has 2 amide bonds. The number of nitrogens with zero attached hydrogens (tertiary/aromatic N) is 6. The van der Waals surface area contributed by atoms with Gasteiger partial charge in [0.1, 0.15) is 49.5 Å². The van der Waals surface area contributed by atoms with Crippen molar-refractivity contribution in [1.82, 2.24) is 39.6 Å². The lowest BCUT2D eigenvalue weighted by molar-refractivity contribution is -0.0521. The summed E-state index contributed by atoms with van der Waals surface area (Å²) in [6.07, 6.45) is -5.62. The molecule has 2 aromatic carbocycles. The molecule has 4 aromatic rings. The summed E-state index contributed by atoms with van der Waals surface area (Å²) >= 11 is 0. The molecule has 6 atom stereocenters. The van der Waals surface area contributed by atoms with E-state index in [4.69, 9.17) is 29.4 Å². The smallest absolute Gasteiger partial charge is 0.478 e. The number of alkyl carbamates (subject to hydrolysis) is 1. The van der Waals surface area contributed by atoms with Crippen LogP contribution in [0.4, 0.5) is 16.3 Å². The molecule has 68 heavy (non-hydrogen) atoms. The molecule has 0 radical (unpaired) electrons. The van der Waals surface area contributed by atoms with Gasteiger partial charge in [-0.3, -0.25) is 13.9 Å². The van der Waals surface area contributed by atoms with Gasteiger partial charge in [0.2, 0.25) is 5.36 Å². The Bertz CT molecular complexity index is 3140. The van der Waals surface area contributed by atoms with Crippen LogP contribution in [-0.2, 0) is 32.0 Å². The van der Waals surface area contributed by atoms with Gasteiger partial charge in [0, 0.05) is 67.1 Å². The highest BCUT2D eigenvalue weighted by Crippen LogP contribution is 2.61. The van der Waals surface area contributed by atoms with Crippen LogP contribution in [0.25, 0.3) is 44.6 Å². The van der Waals surface area contributed by atoms with Gasteiger partial charge in [-0.25, -0.2) is 42.8 Å². The lowest BCUT2D eigenvalue weighted by Crippen LogP contribution is -2.41. The zero-order valence-corrected chi connectivity index (χ0v) is 38.7. The molecule has 7 rings (SSSR count). The summed E-state index contributed by atoms with van der Waals surface area (Å²) in [7, 11) is -9.20. The van der Waals surface area contributed by atoms with Crippen LogP contribution in [0.1, 0.15) is 26.9 Å². The number of aromatic carboxylic acids is 1. The first-order chi connectivity index (χ1) is 31.9. The van der Waals surface area contributed by atoms with Crippen molar-refractivity contribution in [2.75, 3.05) is 58.5 Å². The fraction of sp³-hybridized carbons (Fsp3) is 0.289. The molecule has 0 bridgehead atoms. The van der Waals surface area contributed by atoms with Gasteiger partial charge in [0.25, 0.3) is 5.91 Å². The Morgan fingerprint density at radius 1 is 0.941 bits per heavy atom. The fourth-order valence-electron chi connectivity index (χ4n) is 7.18. The molecule has 4 heterocycles. The summed E-state index contributed by atoms with van der Waals surface area (Å²) < 4.78 is 65.0. The van der Waals surface area contributed by atoms with Crippen molar-refractivity contribution in [1.29, 1.82) is 0 Å². The van der Waals surface area contributed by atoms with Gasteiger partial charge >= 0.3 is 35.4 Å². The van der Waals surface area contributed by atoms with Crippen LogP contribution >= 0.6 is 23.3 Å². The number of nitrogens with one attached hydrogen (secondary N) is 3. The Morgan fingerprint density at radius 3 is 2.37 bits per heavy atom. The number of phosphoric acid groups is 1. The number of fused-ring (bicyclic) bond motifs is 3. The molecule has 1 fully saturated rings. The first kappa shape index (κ1) is 49.7. The van der Waals surface area contributed by atoms with Crippen LogP contribution in [0.2, 0.25) is 0 Å². The minimum Gasteiger partial charge on any atom is -0.478 e. The molecular weight excluding hydrogens is 961 g/mol. The molecule has 0 spiro atoms. The van der Waals surface area contributed by atoms with E-state index >= 15 is 0 Å². The molecule has 2 unspecified atom stereocenters. The Labute approximate surface area is 383 Å². The number of carboxylic acids is 1. The molecule has 11 N–H and O–H groups in total. The second kappa shape index (κ2) is 19.4. The third-order valence-electron chi connectivity index (χ3n) is 10.3. The number of carboxylic acid groups (broad SMARTS) is 1. The van der Waals surface area contributed by atoms with Gasteiger partial charge in [-0.15, -0.1) is 4.86 Å². The molecule has 0 saturated carbocycles. The number of carbonyl (C=O) groups excluding carboxylic acids is 2. The van der Waals surface area contributed by atoms with E-state index in [1.165, 1.54) is 22.8 Å². The number of nitrogens with two attached hydrogens (primary N) is 1. The van der Waals surface area contributed by atoms with Gasteiger partial charge in [-0.05, 0) is 42.0 Å². The molecule has 3 aliphatic rings. The normalized spacial score (nSPS) is 19.1. The second-order valence-electron chi connectivity index (χ2n) is 15.4. The largest absolute Gasteiger partial charge is 0.480 e. The highest BCUT2D eigenvalue weighted by molar-refractivity contribution is 7.70. The van der Waals surface area contributed by atoms with Crippen LogP contribution in [0.3, 0.4) is 0 Å². The monoisotopic (exact) mass is 1010 g/mol. The Morgan fingerprint density at radius 2 is 1.68 bits per heavy atom. The number of amides is 2. The number of rotatable bonds is 16. The van der Waals surface area contributed by atoms with Crippen LogP contribution in [0, 0.1) is 0 Å². The van der Waals surface area contributed by atoms with E-state index in [-0.39, 0.29) is 46.8 Å². The zero-order valence-electron chi connectivity index (χ0n) is 36.1. The molecule has 27 nitrogen and oxygen atoms in total. The standard InChI is InChI=1S/C38H43N10O17P3/c1-46(2)20-6-9-23-26(14-20)62-27-15-21(47(3)4)7-10-24(27)29(23)25-13-19(5-8-22(25)37(51)52)35(50)40-11-12-41-38(53)64-32-31(49)28(16-61-68(59,60)65-67(57,58)45-66(54,55)56)63-36(32)48-18-44-30-33(39)42-17-43-34(30)48/h5-10,13-15,17-18,28,31-32,36,49H,11-12,16H2,1-4H3,(H9-,39,40,41,42,43,45,50,51,52,53,54,55,56,57,58,59,60)/p+1/t28-,31-,32-,36-/m1/s1. The van der Waals surface area contributed by atoms with E-state index in [2.05, 4.69) is 34.4 Å². The van der Waals surface area contributed by atoms with Crippen LogP contribution in [0.15, 0.2) is 71.7 Å². The fourth-order valence-corrected chi connectivity index (χ4v) is 10.6. The van der Waals surface area contributed by atoms with E-state index in [1.807, 2.05) is 74.1 Å². The Balaban J connectivity index is 1.07. The van der Waals surface area contributed by atoms with Gasteiger partial charge in [0.05, 0.1) is 24.6 Å². The molecular formula is C38H44N10O17P3+. The number of benzene rings is 3. The maximum atomic E-state index is 13.6. The number of hydrogen-bond donors (Lipinski definition) is 10. The van der Waals surface area contributed by atoms with E-state index in [9.17, 15) is 48.1 Å². The lowest BCUT2D eigenvalue weighted by atomic mass is 9.89. The van der Waals surface area contributed by atoms with Crippen LogP contribution in [0.5, 0.6) is 0 Å². The number of hydrogen-bond acceptors (Lipinski definition) is 17. The first-order valence-electron chi connectivity index (χ1n) is 19.8. The average Bonchev–Trinajstić information content (AvgIpc) is 3.82. The number of aliphatic hydroxyl groups is 1. The van der Waals surface area contributed by atoms with Crippen molar-refractivity contribution >= 4 is 74.9 Å². The van der Waals surface area contributed by atoms with Gasteiger partial charge in [-0.2, -0.15) is 4.31 Å². The van der Waals surface area contributed by atoms with Crippen molar-refractivity contribution in [2.24, 2.45) is 0 Å². The maximum Gasteiger partial charge on any atom is 0.480 e. The first-order valence-corrected chi connectivity index (χ1v) is 24.5. The molecule has 1 aliphatic carbocycles. The molecule has 362 valence electrons. The third-order valence-corrected chi connectivity index (χ3v) is 14.5. The van der Waals surface area contributed by atoms with E-state index in [0.29, 0.717) is 27.9 Å². The summed E-state index contributed by atoms with van der Waals surface area (Å²) in [5.41, 5.74) is 8.68. The van der Waals surface area contributed by atoms with Gasteiger partial charge in [-0.1, -0.05) is 0 Å². The minimum absolute atomic E-state index is 0.0361. The predicted octanol–water partition coefficient (Wildman–Crippen LogP) is 1.42. The van der Waals surface area contributed by atoms with Crippen molar-refractivity contribution < 1.29 is 80.6 Å². The topological polar surface area (TPSA) is 386 Å². The summed E-state index contributed by atoms with van der Waals surface area (Å²) in [5, 5.41) is 28.1. The highest BCUT2D eigenvalue weighted by atomic mass is 31.3. The number of carbonyl (C=O) groups is 3. The number of aromatic nitrogens is 4. The predicted molar refractivity (Wildman–Crippen MR) is 239 cm³/mol. The number of aliphatic hydroxyl groups excluding tert-OH is 1. The van der Waals surface area contributed by atoms with E-state index < -0.39 is 72.4 Å². The minimum atomic E-state index is -5.63. The molecule has 2 aromatic heterocycles. The SMILES string of the molecule is CN(C)c1ccc2c(-c3cc(C(=O)NCCNC(=O)O[C@@H]4[C@H](O)[C@@H](COP(=O)(O)OP(=O)(O)NP(=O)(O)O)O[C@H]4n4cnc5c(N)ncnc54)ccc3C(=O)O)c3ccc(=[N+](C)C)cc-3oc2c1. The number of nitrogen functional groups attached to an aromatic ring is 1. The van der Waals surface area contributed by atoms with Gasteiger partial charge in [0.15, 0.2) is 23.8 Å². The molecule has 1 saturated heterocycles. The maximum absolute atomic E-state index is 13.6. The summed E-state index contributed by atoms with van der Waals surface area (Å²) in [5.74, 6) is -1.45. The quantitative estimate of drug-likeness (QED) is 0.0284. The average molecular weight is 1010 g/mol. The Kier molecular flexibility index (Phi) is 14.2. The highest BCUT2D eigenvalue weighted by Gasteiger charge is 2.49. The van der Waals surface area contributed by atoms with E-state index in [0.717, 1.165) is 28.6 Å². The van der Waals surface area contributed by atoms with E-state index in [1.54, 1.807) is 0 Å². The van der Waals surface area contributed by atoms with Crippen molar-refractivity contribution in [3.8, 4) is 22.5 Å². The Hall–Kier alpha value is -6.18. The molecule has 2 aliphatic heterocycles. The summed E-state index contributed by atoms with van der Waals surface area (Å²) in [4.78, 5) is 91.8. The molecule has 30 heteroatoms. The number of ether oxygens (including phenoxy) is 2. The zero-order chi connectivity index (χ0) is 49.5. The van der Waals surface area contributed by atoms with Crippen LogP contribution in [-0.4, -0.2) is 133 Å². The van der Waals surface area contributed by atoms with Crippen molar-refractivity contribution in [3.63, 3.8) is 0 Å². The van der Waals surface area contributed by atoms with Gasteiger partial charge < -0.3 is 64.9 Å². The lowest BCUT2D eigenvalue weighted by Gasteiger charge is -2.22. The second-order valence-corrected chi connectivity index (χ2v) is 20.2. The number of anilines is 2. The van der Waals surface area contributed by atoms with Crippen molar-refractivity contribution in [2.45, 2.75) is 24.5 Å². The van der Waals surface area contributed by atoms with Crippen molar-refractivity contribution in [3.05, 3.63) is 83.7 Å². The summed E-state index contributed by atoms with van der Waals surface area (Å²) in [6, 6.07) is 15.2. The third kappa shape index (κ3) is 11.1. The summed E-state index contributed by atoms with van der Waals surface area (Å²) in [6.45, 7) is -1.53. The number of imidazole rings is 1. The number of phosphoric ester groups is 1. The van der Waals surface area contributed by atoms with Crippen LogP contribution < -0.4 is 36.1 Å².